The average Bonchev–Trinajstić information content (AvgIpc) is 3.07. The highest BCUT2D eigenvalue weighted by atomic mass is 16.6. The molecule has 2 heterocycles. The van der Waals surface area contributed by atoms with E-state index in [9.17, 15) is 4.79 Å². The van der Waals surface area contributed by atoms with E-state index < -0.39 is 0 Å². The molecule has 28 heavy (non-hydrogen) atoms. The maximum Gasteiger partial charge on any atom is 0.257 e. The van der Waals surface area contributed by atoms with Gasteiger partial charge >= 0.3 is 0 Å². The highest BCUT2D eigenvalue weighted by Gasteiger charge is 2.22. The largest absolute Gasteiger partial charge is 0.493 e. The molecule has 0 aliphatic carbocycles. The maximum atomic E-state index is 12.9. The number of aromatic nitrogens is 2. The molecule has 1 aromatic heterocycles. The zero-order valence-electron chi connectivity index (χ0n) is 16.0. The highest BCUT2D eigenvalue weighted by Crippen LogP contribution is 2.40. The summed E-state index contributed by atoms with van der Waals surface area (Å²) >= 11 is 0. The monoisotopic (exact) mass is 379 g/mol. The molecule has 1 aliphatic rings. The van der Waals surface area contributed by atoms with Crippen molar-refractivity contribution in [3.05, 3.63) is 59.3 Å². The minimum atomic E-state index is -0.287. The van der Waals surface area contributed by atoms with E-state index in [4.69, 9.17) is 14.2 Å². The van der Waals surface area contributed by atoms with Gasteiger partial charge in [0.25, 0.3) is 5.91 Å². The summed E-state index contributed by atoms with van der Waals surface area (Å²) in [5.74, 6) is 1.78. The van der Waals surface area contributed by atoms with Crippen LogP contribution in [0.25, 0.3) is 5.69 Å². The predicted octanol–water partition coefficient (Wildman–Crippen LogP) is 3.52. The standard InChI is InChI=1S/C21H21N3O4/c1-13-6-4-5-7-16(13)24-19(10-14(2)23-24)22-21(25)15-11-17(26-3)20-18(12-15)27-8-9-28-20/h4-7,10-12H,8-9H2,1-3H3,(H,22,25). The summed E-state index contributed by atoms with van der Waals surface area (Å²) in [6.45, 7) is 4.77. The number of para-hydroxylation sites is 1. The average molecular weight is 379 g/mol. The van der Waals surface area contributed by atoms with E-state index in [1.807, 2.05) is 44.2 Å². The van der Waals surface area contributed by atoms with Crippen molar-refractivity contribution >= 4 is 11.7 Å². The van der Waals surface area contributed by atoms with E-state index in [-0.39, 0.29) is 5.91 Å². The van der Waals surface area contributed by atoms with E-state index in [0.717, 1.165) is 16.9 Å². The minimum absolute atomic E-state index is 0.287. The van der Waals surface area contributed by atoms with Crippen molar-refractivity contribution in [3.8, 4) is 22.9 Å². The number of fused-ring (bicyclic) bond motifs is 1. The van der Waals surface area contributed by atoms with Crippen LogP contribution in [-0.2, 0) is 0 Å². The third-order valence-electron chi connectivity index (χ3n) is 4.51. The van der Waals surface area contributed by atoms with Gasteiger partial charge in [-0.1, -0.05) is 18.2 Å². The molecule has 1 amide bonds. The number of amides is 1. The van der Waals surface area contributed by atoms with Gasteiger partial charge in [0, 0.05) is 11.6 Å². The number of hydrogen-bond acceptors (Lipinski definition) is 5. The van der Waals surface area contributed by atoms with Crippen LogP contribution in [0.5, 0.6) is 17.2 Å². The van der Waals surface area contributed by atoms with Crippen molar-refractivity contribution in [3.63, 3.8) is 0 Å². The summed E-state index contributed by atoms with van der Waals surface area (Å²) < 4.78 is 18.3. The van der Waals surface area contributed by atoms with Crippen LogP contribution in [0.2, 0.25) is 0 Å². The van der Waals surface area contributed by atoms with Gasteiger partial charge < -0.3 is 19.5 Å². The van der Waals surface area contributed by atoms with Gasteiger partial charge in [0.2, 0.25) is 5.75 Å². The topological polar surface area (TPSA) is 74.6 Å². The number of methoxy groups -OCH3 is 1. The molecule has 0 unspecified atom stereocenters. The molecule has 3 aromatic rings. The van der Waals surface area contributed by atoms with Crippen LogP contribution in [0.3, 0.4) is 0 Å². The van der Waals surface area contributed by atoms with E-state index in [2.05, 4.69) is 10.4 Å². The van der Waals surface area contributed by atoms with Gasteiger partial charge in [-0.3, -0.25) is 4.79 Å². The Labute approximate surface area is 162 Å². The summed E-state index contributed by atoms with van der Waals surface area (Å²) in [6, 6.07) is 13.0. The molecular weight excluding hydrogens is 358 g/mol. The molecule has 0 fully saturated rings. The van der Waals surface area contributed by atoms with Gasteiger partial charge in [-0.05, 0) is 37.6 Å². The molecule has 7 nitrogen and oxygen atoms in total. The molecule has 1 aliphatic heterocycles. The Morgan fingerprint density at radius 1 is 1.14 bits per heavy atom. The molecule has 0 bridgehead atoms. The van der Waals surface area contributed by atoms with Gasteiger partial charge in [0.05, 0.1) is 18.5 Å². The number of ether oxygens (including phenoxy) is 3. The van der Waals surface area contributed by atoms with E-state index in [1.54, 1.807) is 16.8 Å². The molecule has 0 spiro atoms. The zero-order valence-corrected chi connectivity index (χ0v) is 16.0. The Kier molecular flexibility index (Phi) is 4.65. The SMILES string of the molecule is COc1cc(C(=O)Nc2cc(C)nn2-c2ccccc2C)cc2c1OCCO2. The Morgan fingerprint density at radius 3 is 2.71 bits per heavy atom. The number of anilines is 1. The highest BCUT2D eigenvalue weighted by molar-refractivity contribution is 6.04. The summed E-state index contributed by atoms with van der Waals surface area (Å²) in [4.78, 5) is 12.9. The summed E-state index contributed by atoms with van der Waals surface area (Å²) in [5, 5.41) is 7.47. The number of benzene rings is 2. The van der Waals surface area contributed by atoms with Gasteiger partial charge in [-0.25, -0.2) is 4.68 Å². The number of hydrogen-bond donors (Lipinski definition) is 1. The first-order chi connectivity index (χ1) is 13.6. The smallest absolute Gasteiger partial charge is 0.257 e. The van der Waals surface area contributed by atoms with Gasteiger partial charge in [-0.2, -0.15) is 5.10 Å². The summed E-state index contributed by atoms with van der Waals surface area (Å²) in [5.41, 5.74) is 3.18. The third kappa shape index (κ3) is 3.26. The quantitative estimate of drug-likeness (QED) is 0.751. The third-order valence-corrected chi connectivity index (χ3v) is 4.51. The number of aryl methyl sites for hydroxylation is 2. The molecule has 0 radical (unpaired) electrons. The van der Waals surface area contributed by atoms with Crippen LogP contribution in [-0.4, -0.2) is 36.0 Å². The molecule has 4 rings (SSSR count). The van der Waals surface area contributed by atoms with Crippen molar-refractivity contribution in [2.75, 3.05) is 25.6 Å². The fourth-order valence-electron chi connectivity index (χ4n) is 3.17. The Hall–Kier alpha value is -3.48. The van der Waals surface area contributed by atoms with Crippen LogP contribution < -0.4 is 19.5 Å². The van der Waals surface area contributed by atoms with Crippen molar-refractivity contribution in [2.24, 2.45) is 0 Å². The second-order valence-electron chi connectivity index (χ2n) is 6.53. The van der Waals surface area contributed by atoms with Crippen LogP contribution >= 0.6 is 0 Å². The van der Waals surface area contributed by atoms with E-state index >= 15 is 0 Å². The van der Waals surface area contributed by atoms with Crippen LogP contribution in [0.15, 0.2) is 42.5 Å². The first-order valence-electron chi connectivity index (χ1n) is 8.98. The Balaban J connectivity index is 1.68. The Bertz CT molecular complexity index is 1020. The molecule has 144 valence electrons. The number of nitrogens with one attached hydrogen (secondary N) is 1. The van der Waals surface area contributed by atoms with Gasteiger partial charge in [0.15, 0.2) is 11.5 Å². The molecule has 0 atom stereocenters. The fourth-order valence-corrected chi connectivity index (χ4v) is 3.17. The summed E-state index contributed by atoms with van der Waals surface area (Å²) in [6.07, 6.45) is 0. The molecule has 0 saturated heterocycles. The number of carbonyl (C=O) groups is 1. The lowest BCUT2D eigenvalue weighted by Crippen LogP contribution is -2.19. The van der Waals surface area contributed by atoms with Crippen molar-refractivity contribution < 1.29 is 19.0 Å². The lowest BCUT2D eigenvalue weighted by molar-refractivity contribution is 0.102. The van der Waals surface area contributed by atoms with E-state index in [0.29, 0.717) is 41.8 Å². The molecule has 1 N–H and O–H groups in total. The van der Waals surface area contributed by atoms with Crippen LogP contribution in [0, 0.1) is 13.8 Å². The lowest BCUT2D eigenvalue weighted by atomic mass is 10.1. The first-order valence-corrected chi connectivity index (χ1v) is 8.98. The van der Waals surface area contributed by atoms with Crippen LogP contribution in [0.4, 0.5) is 5.82 Å². The van der Waals surface area contributed by atoms with Crippen LogP contribution in [0.1, 0.15) is 21.6 Å². The van der Waals surface area contributed by atoms with E-state index in [1.165, 1.54) is 7.11 Å². The molecule has 7 heteroatoms. The molecular formula is C21H21N3O4. The van der Waals surface area contributed by atoms with Crippen molar-refractivity contribution in [2.45, 2.75) is 13.8 Å². The predicted molar refractivity (Wildman–Crippen MR) is 105 cm³/mol. The fraction of sp³-hybridized carbons (Fsp3) is 0.238. The van der Waals surface area contributed by atoms with Crippen molar-refractivity contribution in [1.29, 1.82) is 0 Å². The lowest BCUT2D eigenvalue weighted by Gasteiger charge is -2.21. The number of nitrogens with zero attached hydrogens (tertiary/aromatic N) is 2. The maximum absolute atomic E-state index is 12.9. The second-order valence-corrected chi connectivity index (χ2v) is 6.53. The number of carbonyl (C=O) groups excluding carboxylic acids is 1. The number of rotatable bonds is 4. The normalized spacial score (nSPS) is 12.5. The Morgan fingerprint density at radius 2 is 1.93 bits per heavy atom. The second kappa shape index (κ2) is 7.26. The molecule has 0 saturated carbocycles. The first kappa shape index (κ1) is 17.9. The minimum Gasteiger partial charge on any atom is -0.493 e. The summed E-state index contributed by atoms with van der Waals surface area (Å²) in [7, 11) is 1.53. The van der Waals surface area contributed by atoms with Gasteiger partial charge in [-0.15, -0.1) is 0 Å². The van der Waals surface area contributed by atoms with Crippen molar-refractivity contribution in [1.82, 2.24) is 9.78 Å². The molecule has 2 aromatic carbocycles. The zero-order chi connectivity index (χ0) is 19.7. The van der Waals surface area contributed by atoms with Gasteiger partial charge in [0.1, 0.15) is 19.0 Å².